The van der Waals surface area contributed by atoms with E-state index < -0.39 is 11.7 Å². The lowest BCUT2D eigenvalue weighted by molar-refractivity contribution is -0.152. The third-order valence-corrected chi connectivity index (χ3v) is 1.97. The van der Waals surface area contributed by atoms with Gasteiger partial charge in [-0.1, -0.05) is 0 Å². The van der Waals surface area contributed by atoms with E-state index in [9.17, 15) is 9.90 Å². The maximum atomic E-state index is 10.9. The SMILES string of the molecule is CC1=C[C@@](C)(C(C)O)OC1=O. The van der Waals surface area contributed by atoms with E-state index in [1.54, 1.807) is 26.8 Å². The molecule has 0 aromatic heterocycles. The van der Waals surface area contributed by atoms with Crippen molar-refractivity contribution in [3.8, 4) is 0 Å². The second kappa shape index (κ2) is 2.34. The molecule has 0 aliphatic carbocycles. The topological polar surface area (TPSA) is 46.5 Å². The summed E-state index contributed by atoms with van der Waals surface area (Å²) in [4.78, 5) is 10.9. The zero-order valence-electron chi connectivity index (χ0n) is 6.92. The highest BCUT2D eigenvalue weighted by atomic mass is 16.6. The number of aliphatic hydroxyl groups is 1. The second-order valence-electron chi connectivity index (χ2n) is 3.08. The van der Waals surface area contributed by atoms with Crippen molar-refractivity contribution in [2.75, 3.05) is 0 Å². The number of hydrogen-bond donors (Lipinski definition) is 1. The van der Waals surface area contributed by atoms with Gasteiger partial charge in [-0.15, -0.1) is 0 Å². The Balaban J connectivity index is 2.88. The molecular weight excluding hydrogens is 144 g/mol. The van der Waals surface area contributed by atoms with Gasteiger partial charge in [0.25, 0.3) is 0 Å². The van der Waals surface area contributed by atoms with Crippen molar-refractivity contribution >= 4 is 5.97 Å². The number of rotatable bonds is 1. The lowest BCUT2D eigenvalue weighted by Crippen LogP contribution is -2.36. The number of aliphatic hydroxyl groups excluding tert-OH is 1. The van der Waals surface area contributed by atoms with Crippen LogP contribution in [0.25, 0.3) is 0 Å². The third-order valence-electron chi connectivity index (χ3n) is 1.97. The Morgan fingerprint density at radius 2 is 2.27 bits per heavy atom. The number of carbonyl (C=O) groups is 1. The molecule has 0 amide bonds. The molecule has 1 heterocycles. The molecule has 0 saturated carbocycles. The number of hydrogen-bond acceptors (Lipinski definition) is 3. The van der Waals surface area contributed by atoms with Crippen LogP contribution in [-0.2, 0) is 9.53 Å². The molecule has 1 aliphatic rings. The third kappa shape index (κ3) is 1.28. The summed E-state index contributed by atoms with van der Waals surface area (Å²) >= 11 is 0. The fourth-order valence-corrected chi connectivity index (χ4v) is 1.00. The van der Waals surface area contributed by atoms with Crippen molar-refractivity contribution < 1.29 is 14.6 Å². The van der Waals surface area contributed by atoms with Crippen LogP contribution in [0.1, 0.15) is 20.8 Å². The summed E-state index contributed by atoms with van der Waals surface area (Å²) in [6, 6.07) is 0. The Hall–Kier alpha value is -0.830. The minimum Gasteiger partial charge on any atom is -0.449 e. The van der Waals surface area contributed by atoms with E-state index in [4.69, 9.17) is 4.74 Å². The number of cyclic esters (lactones) is 1. The molecule has 1 rings (SSSR count). The molecule has 0 aromatic carbocycles. The smallest absolute Gasteiger partial charge is 0.334 e. The molecule has 0 radical (unpaired) electrons. The van der Waals surface area contributed by atoms with Gasteiger partial charge in [0.2, 0.25) is 0 Å². The van der Waals surface area contributed by atoms with Crippen molar-refractivity contribution in [1.29, 1.82) is 0 Å². The molecule has 1 aliphatic heterocycles. The fraction of sp³-hybridized carbons (Fsp3) is 0.625. The van der Waals surface area contributed by atoms with Gasteiger partial charge in [-0.25, -0.2) is 4.79 Å². The summed E-state index contributed by atoms with van der Waals surface area (Å²) in [5, 5.41) is 9.23. The van der Waals surface area contributed by atoms with Gasteiger partial charge in [0.15, 0.2) is 5.60 Å². The first-order valence-electron chi connectivity index (χ1n) is 3.56. The normalized spacial score (nSPS) is 33.1. The van der Waals surface area contributed by atoms with Gasteiger partial charge in [0, 0.05) is 5.57 Å². The average Bonchev–Trinajstić information content (AvgIpc) is 2.09. The number of ether oxygens (including phenoxy) is 1. The zero-order valence-corrected chi connectivity index (χ0v) is 6.92. The van der Waals surface area contributed by atoms with Crippen molar-refractivity contribution in [2.24, 2.45) is 0 Å². The molecule has 1 N–H and O–H groups in total. The van der Waals surface area contributed by atoms with Crippen LogP contribution in [0, 0.1) is 0 Å². The quantitative estimate of drug-likeness (QED) is 0.566. The Labute approximate surface area is 65.7 Å². The Bertz CT molecular complexity index is 217. The van der Waals surface area contributed by atoms with Crippen LogP contribution in [0.15, 0.2) is 11.6 Å². The molecule has 0 spiro atoms. The lowest BCUT2D eigenvalue weighted by Gasteiger charge is -2.24. The minimum atomic E-state index is -0.818. The van der Waals surface area contributed by atoms with E-state index in [1.165, 1.54) is 0 Å². The summed E-state index contributed by atoms with van der Waals surface area (Å²) < 4.78 is 4.94. The lowest BCUT2D eigenvalue weighted by atomic mass is 10.00. The summed E-state index contributed by atoms with van der Waals surface area (Å²) in [5.74, 6) is -0.339. The predicted molar refractivity (Wildman–Crippen MR) is 39.9 cm³/mol. The standard InChI is InChI=1S/C8H12O3/c1-5-4-8(3,6(2)9)11-7(5)10/h4,6,9H,1-3H3/t6?,8-/m0/s1. The fourth-order valence-electron chi connectivity index (χ4n) is 1.00. The van der Waals surface area contributed by atoms with Gasteiger partial charge < -0.3 is 9.84 Å². The van der Waals surface area contributed by atoms with Crippen LogP contribution in [0.3, 0.4) is 0 Å². The summed E-state index contributed by atoms with van der Waals surface area (Å²) in [5.41, 5.74) is -0.255. The van der Waals surface area contributed by atoms with E-state index >= 15 is 0 Å². The van der Waals surface area contributed by atoms with Gasteiger partial charge in [-0.3, -0.25) is 0 Å². The Morgan fingerprint density at radius 1 is 1.73 bits per heavy atom. The number of esters is 1. The average molecular weight is 156 g/mol. The van der Waals surface area contributed by atoms with Crippen molar-refractivity contribution in [1.82, 2.24) is 0 Å². The van der Waals surface area contributed by atoms with Gasteiger partial charge >= 0.3 is 5.97 Å². The molecule has 2 atom stereocenters. The molecule has 62 valence electrons. The van der Waals surface area contributed by atoms with E-state index in [0.717, 1.165) is 0 Å². The van der Waals surface area contributed by atoms with Gasteiger partial charge in [-0.2, -0.15) is 0 Å². The van der Waals surface area contributed by atoms with E-state index in [2.05, 4.69) is 0 Å². The molecule has 11 heavy (non-hydrogen) atoms. The molecule has 3 heteroatoms. The molecule has 1 unspecified atom stereocenters. The van der Waals surface area contributed by atoms with E-state index in [1.807, 2.05) is 0 Å². The van der Waals surface area contributed by atoms with Crippen LogP contribution < -0.4 is 0 Å². The second-order valence-corrected chi connectivity index (χ2v) is 3.08. The van der Waals surface area contributed by atoms with Crippen molar-refractivity contribution in [3.63, 3.8) is 0 Å². The molecule has 0 fully saturated rings. The highest BCUT2D eigenvalue weighted by molar-refractivity contribution is 5.90. The summed E-state index contributed by atoms with van der Waals surface area (Å²) in [7, 11) is 0. The summed E-state index contributed by atoms with van der Waals surface area (Å²) in [6.07, 6.45) is 0.990. The first-order chi connectivity index (χ1) is 4.96. The number of carbonyl (C=O) groups excluding carboxylic acids is 1. The zero-order chi connectivity index (χ0) is 8.65. The monoisotopic (exact) mass is 156 g/mol. The molecule has 0 bridgehead atoms. The van der Waals surface area contributed by atoms with Crippen molar-refractivity contribution in [2.45, 2.75) is 32.5 Å². The highest BCUT2D eigenvalue weighted by Crippen LogP contribution is 2.26. The molecular formula is C8H12O3. The van der Waals surface area contributed by atoms with Crippen molar-refractivity contribution in [3.05, 3.63) is 11.6 Å². The van der Waals surface area contributed by atoms with Gasteiger partial charge in [0.1, 0.15) is 0 Å². The van der Waals surface area contributed by atoms with Crippen LogP contribution in [0.4, 0.5) is 0 Å². The first-order valence-corrected chi connectivity index (χ1v) is 3.56. The van der Waals surface area contributed by atoms with E-state index in [-0.39, 0.29) is 5.97 Å². The molecule has 3 nitrogen and oxygen atoms in total. The Morgan fingerprint density at radius 3 is 2.45 bits per heavy atom. The maximum absolute atomic E-state index is 10.9. The maximum Gasteiger partial charge on any atom is 0.334 e. The molecule has 0 saturated heterocycles. The van der Waals surface area contributed by atoms with Crippen LogP contribution in [0.5, 0.6) is 0 Å². The van der Waals surface area contributed by atoms with Crippen LogP contribution in [-0.4, -0.2) is 22.8 Å². The van der Waals surface area contributed by atoms with Gasteiger partial charge in [-0.05, 0) is 26.8 Å². The predicted octanol–water partition coefficient (Wildman–Crippen LogP) is 0.629. The minimum absolute atomic E-state index is 0.339. The molecule has 0 aromatic rings. The van der Waals surface area contributed by atoms with Crippen LogP contribution in [0.2, 0.25) is 0 Å². The first kappa shape index (κ1) is 8.27. The Kier molecular flexibility index (Phi) is 1.76. The van der Waals surface area contributed by atoms with Crippen LogP contribution >= 0.6 is 0 Å². The summed E-state index contributed by atoms with van der Waals surface area (Å²) in [6.45, 7) is 4.96. The van der Waals surface area contributed by atoms with E-state index in [0.29, 0.717) is 5.57 Å². The highest BCUT2D eigenvalue weighted by Gasteiger charge is 2.38. The van der Waals surface area contributed by atoms with Gasteiger partial charge in [0.05, 0.1) is 6.10 Å². The largest absolute Gasteiger partial charge is 0.449 e.